The molecule has 3 N–H and O–H groups in total. The number of aromatic hydroxyl groups is 1. The average molecular weight is 300 g/mol. The van der Waals surface area contributed by atoms with Crippen LogP contribution >= 0.6 is 0 Å². The van der Waals surface area contributed by atoms with E-state index in [1.807, 2.05) is 45.0 Å². The molecule has 0 bridgehead atoms. The molecular weight excluding hydrogens is 280 g/mol. The fourth-order valence-electron chi connectivity index (χ4n) is 2.05. The maximum Gasteiger partial charge on any atom is 0.323 e. The van der Waals surface area contributed by atoms with Crippen molar-refractivity contribution in [1.82, 2.24) is 4.98 Å². The van der Waals surface area contributed by atoms with Crippen LogP contribution in [0.25, 0.3) is 0 Å². The zero-order valence-corrected chi connectivity index (χ0v) is 13.1. The molecule has 0 unspecified atom stereocenters. The third kappa shape index (κ3) is 3.66. The van der Waals surface area contributed by atoms with Gasteiger partial charge in [0, 0.05) is 25.5 Å². The van der Waals surface area contributed by atoms with Gasteiger partial charge in [0.05, 0.1) is 5.69 Å². The maximum absolute atomic E-state index is 12.1. The predicted molar refractivity (Wildman–Crippen MR) is 88.8 cm³/mol. The van der Waals surface area contributed by atoms with E-state index in [1.165, 1.54) is 6.07 Å². The quantitative estimate of drug-likeness (QED) is 0.761. The minimum atomic E-state index is -0.359. The number of urea groups is 1. The Morgan fingerprint density at radius 1 is 1.09 bits per heavy atom. The topological polar surface area (TPSA) is 77.5 Å². The second-order valence-electron chi connectivity index (χ2n) is 5.30. The zero-order chi connectivity index (χ0) is 16.3. The first kappa shape index (κ1) is 15.6. The van der Waals surface area contributed by atoms with E-state index in [-0.39, 0.29) is 11.8 Å². The predicted octanol–water partition coefficient (Wildman–Crippen LogP) is 3.11. The summed E-state index contributed by atoms with van der Waals surface area (Å²) in [6, 6.07) is 8.08. The molecule has 0 saturated carbocycles. The Morgan fingerprint density at radius 3 is 2.36 bits per heavy atom. The van der Waals surface area contributed by atoms with Crippen LogP contribution in [0.15, 0.2) is 30.3 Å². The van der Waals surface area contributed by atoms with E-state index in [1.54, 1.807) is 12.1 Å². The summed E-state index contributed by atoms with van der Waals surface area (Å²) in [6.07, 6.45) is 0. The number of anilines is 3. The highest BCUT2D eigenvalue weighted by molar-refractivity contribution is 6.01. The normalized spacial score (nSPS) is 10.2. The third-order valence-electron chi connectivity index (χ3n) is 3.14. The van der Waals surface area contributed by atoms with Crippen LogP contribution in [0.2, 0.25) is 0 Å². The standard InChI is InChI=1S/C16H20N4O2/c1-10-9-12(21)6-8-13(10)18-16(22)19-14-7-5-11(2)17-15(14)20(3)4/h5-9,21H,1-4H3,(H2,18,19,22). The fraction of sp³-hybridized carbons (Fsp3) is 0.250. The van der Waals surface area contributed by atoms with E-state index in [0.717, 1.165) is 11.3 Å². The molecule has 0 aliphatic heterocycles. The molecule has 1 heterocycles. The summed E-state index contributed by atoms with van der Waals surface area (Å²) in [5.41, 5.74) is 2.93. The Morgan fingerprint density at radius 2 is 1.73 bits per heavy atom. The Kier molecular flexibility index (Phi) is 4.50. The minimum absolute atomic E-state index is 0.168. The van der Waals surface area contributed by atoms with Crippen molar-refractivity contribution in [3.63, 3.8) is 0 Å². The number of phenols is 1. The van der Waals surface area contributed by atoms with Crippen LogP contribution < -0.4 is 15.5 Å². The van der Waals surface area contributed by atoms with Crippen LogP contribution in [0.1, 0.15) is 11.3 Å². The molecule has 6 nitrogen and oxygen atoms in total. The van der Waals surface area contributed by atoms with Gasteiger partial charge in [-0.15, -0.1) is 0 Å². The van der Waals surface area contributed by atoms with Gasteiger partial charge in [-0.2, -0.15) is 0 Å². The molecule has 6 heteroatoms. The molecular formula is C16H20N4O2. The molecule has 0 radical (unpaired) electrons. The number of hydrogen-bond acceptors (Lipinski definition) is 4. The summed E-state index contributed by atoms with van der Waals surface area (Å²) in [4.78, 5) is 18.4. The van der Waals surface area contributed by atoms with Crippen LogP contribution in [0, 0.1) is 13.8 Å². The van der Waals surface area contributed by atoms with Crippen LogP contribution in [-0.4, -0.2) is 30.2 Å². The molecule has 2 rings (SSSR count). The van der Waals surface area contributed by atoms with Gasteiger partial charge in [0.2, 0.25) is 0 Å². The number of phenolic OH excluding ortho intramolecular Hbond substituents is 1. The Labute approximate surface area is 129 Å². The van der Waals surface area contributed by atoms with Crippen molar-refractivity contribution in [2.75, 3.05) is 29.6 Å². The molecule has 0 spiro atoms. The van der Waals surface area contributed by atoms with Crippen molar-refractivity contribution >= 4 is 23.2 Å². The average Bonchev–Trinajstić information content (AvgIpc) is 2.43. The van der Waals surface area contributed by atoms with E-state index in [4.69, 9.17) is 0 Å². The molecule has 2 aromatic rings. The zero-order valence-electron chi connectivity index (χ0n) is 13.1. The molecule has 116 valence electrons. The number of rotatable bonds is 3. The summed E-state index contributed by atoms with van der Waals surface area (Å²) in [5, 5.41) is 14.9. The van der Waals surface area contributed by atoms with Gasteiger partial charge in [-0.05, 0) is 49.7 Å². The van der Waals surface area contributed by atoms with Crippen molar-refractivity contribution in [1.29, 1.82) is 0 Å². The fourth-order valence-corrected chi connectivity index (χ4v) is 2.05. The van der Waals surface area contributed by atoms with Crippen molar-refractivity contribution in [3.8, 4) is 5.75 Å². The largest absolute Gasteiger partial charge is 0.508 e. The summed E-state index contributed by atoms with van der Waals surface area (Å²) < 4.78 is 0. The van der Waals surface area contributed by atoms with E-state index >= 15 is 0 Å². The number of aryl methyl sites for hydroxylation is 2. The smallest absolute Gasteiger partial charge is 0.323 e. The molecule has 1 aromatic heterocycles. The monoisotopic (exact) mass is 300 g/mol. The number of benzene rings is 1. The first-order valence-electron chi connectivity index (χ1n) is 6.89. The summed E-state index contributed by atoms with van der Waals surface area (Å²) >= 11 is 0. The van der Waals surface area contributed by atoms with Gasteiger partial charge in [-0.25, -0.2) is 9.78 Å². The van der Waals surface area contributed by atoms with Gasteiger partial charge < -0.3 is 20.6 Å². The van der Waals surface area contributed by atoms with Crippen molar-refractivity contribution in [2.45, 2.75) is 13.8 Å². The van der Waals surface area contributed by atoms with Crippen molar-refractivity contribution < 1.29 is 9.90 Å². The van der Waals surface area contributed by atoms with E-state index in [0.29, 0.717) is 17.2 Å². The van der Waals surface area contributed by atoms with E-state index in [2.05, 4.69) is 15.6 Å². The summed E-state index contributed by atoms with van der Waals surface area (Å²) in [5.74, 6) is 0.860. The number of carbonyl (C=O) groups is 1. The second kappa shape index (κ2) is 6.34. The van der Waals surface area contributed by atoms with Gasteiger partial charge in [-0.1, -0.05) is 0 Å². The SMILES string of the molecule is Cc1ccc(NC(=O)Nc2ccc(O)cc2C)c(N(C)C)n1. The molecule has 0 fully saturated rings. The van der Waals surface area contributed by atoms with E-state index < -0.39 is 0 Å². The molecule has 0 atom stereocenters. The minimum Gasteiger partial charge on any atom is -0.508 e. The Balaban J connectivity index is 2.15. The highest BCUT2D eigenvalue weighted by Gasteiger charge is 2.11. The van der Waals surface area contributed by atoms with E-state index in [9.17, 15) is 9.90 Å². The maximum atomic E-state index is 12.1. The number of amides is 2. The lowest BCUT2D eigenvalue weighted by molar-refractivity contribution is 0.262. The van der Waals surface area contributed by atoms with Crippen LogP contribution in [0.4, 0.5) is 22.0 Å². The van der Waals surface area contributed by atoms with Crippen molar-refractivity contribution in [3.05, 3.63) is 41.6 Å². The van der Waals surface area contributed by atoms with Gasteiger partial charge in [-0.3, -0.25) is 0 Å². The van der Waals surface area contributed by atoms with Crippen molar-refractivity contribution in [2.24, 2.45) is 0 Å². The Bertz CT molecular complexity index is 699. The number of aromatic nitrogens is 1. The highest BCUT2D eigenvalue weighted by Crippen LogP contribution is 2.23. The summed E-state index contributed by atoms with van der Waals surface area (Å²) in [6.45, 7) is 3.71. The molecule has 0 saturated heterocycles. The number of carbonyl (C=O) groups excluding carboxylic acids is 1. The van der Waals surface area contributed by atoms with Gasteiger partial charge in [0.15, 0.2) is 5.82 Å². The first-order chi connectivity index (χ1) is 10.4. The molecule has 0 aliphatic carbocycles. The lowest BCUT2D eigenvalue weighted by atomic mass is 10.2. The second-order valence-corrected chi connectivity index (χ2v) is 5.30. The van der Waals surface area contributed by atoms with Gasteiger partial charge >= 0.3 is 6.03 Å². The number of nitrogens with one attached hydrogen (secondary N) is 2. The first-order valence-corrected chi connectivity index (χ1v) is 6.89. The van der Waals surface area contributed by atoms with Crippen LogP contribution in [-0.2, 0) is 0 Å². The van der Waals surface area contributed by atoms with Gasteiger partial charge in [0.25, 0.3) is 0 Å². The van der Waals surface area contributed by atoms with Crippen LogP contribution in [0.3, 0.4) is 0 Å². The highest BCUT2D eigenvalue weighted by atomic mass is 16.3. The third-order valence-corrected chi connectivity index (χ3v) is 3.14. The van der Waals surface area contributed by atoms with Gasteiger partial charge in [0.1, 0.15) is 5.75 Å². The molecule has 1 aromatic carbocycles. The molecule has 0 aliphatic rings. The molecule has 2 amide bonds. The molecule has 22 heavy (non-hydrogen) atoms. The number of nitrogens with zero attached hydrogens (tertiary/aromatic N) is 2. The number of pyridine rings is 1. The number of hydrogen-bond donors (Lipinski definition) is 3. The summed E-state index contributed by atoms with van der Waals surface area (Å²) in [7, 11) is 3.74. The lowest BCUT2D eigenvalue weighted by Gasteiger charge is -2.17. The lowest BCUT2D eigenvalue weighted by Crippen LogP contribution is -2.22. The Hall–Kier alpha value is -2.76. The van der Waals surface area contributed by atoms with Crippen LogP contribution in [0.5, 0.6) is 5.75 Å².